The number of aryl methyl sites for hydroxylation is 1. The van der Waals surface area contributed by atoms with Crippen molar-refractivity contribution in [1.29, 1.82) is 0 Å². The first-order valence-electron chi connectivity index (χ1n) is 11.1. The fourth-order valence-electron chi connectivity index (χ4n) is 4.13. The van der Waals surface area contributed by atoms with E-state index in [-0.39, 0.29) is 0 Å². The zero-order valence-corrected chi connectivity index (χ0v) is 17.7. The van der Waals surface area contributed by atoms with Gasteiger partial charge in [0.15, 0.2) is 0 Å². The van der Waals surface area contributed by atoms with Crippen LogP contribution in [0.1, 0.15) is 17.5 Å². The summed E-state index contributed by atoms with van der Waals surface area (Å²) in [4.78, 5) is 9.62. The van der Waals surface area contributed by atoms with E-state index in [4.69, 9.17) is 5.73 Å². The number of aromatic nitrogens is 1. The van der Waals surface area contributed by atoms with Crippen LogP contribution in [-0.2, 0) is 12.8 Å². The van der Waals surface area contributed by atoms with Gasteiger partial charge in [0.1, 0.15) is 5.82 Å². The number of rotatable bonds is 8. The number of hydrogen-bond donors (Lipinski definition) is 1. The summed E-state index contributed by atoms with van der Waals surface area (Å²) in [7, 11) is 0. The van der Waals surface area contributed by atoms with E-state index < -0.39 is 0 Å². The average Bonchev–Trinajstić information content (AvgIpc) is 2.80. The Hall–Kier alpha value is -2.69. The van der Waals surface area contributed by atoms with Crippen molar-refractivity contribution in [2.24, 2.45) is 0 Å². The Labute approximate surface area is 180 Å². The van der Waals surface area contributed by atoms with Gasteiger partial charge in [-0.3, -0.25) is 0 Å². The lowest BCUT2D eigenvalue weighted by atomic mass is 10.1. The summed E-state index contributed by atoms with van der Waals surface area (Å²) < 4.78 is 0. The molecule has 0 bridgehead atoms. The monoisotopic (exact) mass is 400 g/mol. The van der Waals surface area contributed by atoms with Gasteiger partial charge >= 0.3 is 0 Å². The minimum atomic E-state index is 0.566. The van der Waals surface area contributed by atoms with E-state index in [1.54, 1.807) is 0 Å². The Bertz CT molecular complexity index is 900. The molecule has 1 aliphatic heterocycles. The lowest BCUT2D eigenvalue weighted by Gasteiger charge is -2.34. The molecule has 4 heteroatoms. The highest BCUT2D eigenvalue weighted by atomic mass is 15.3. The van der Waals surface area contributed by atoms with Crippen molar-refractivity contribution in [2.75, 3.05) is 45.0 Å². The van der Waals surface area contributed by atoms with Crippen molar-refractivity contribution in [1.82, 2.24) is 14.8 Å². The van der Waals surface area contributed by atoms with Gasteiger partial charge < -0.3 is 15.5 Å². The maximum atomic E-state index is 5.80. The van der Waals surface area contributed by atoms with Crippen molar-refractivity contribution < 1.29 is 0 Å². The Kier molecular flexibility index (Phi) is 7.11. The van der Waals surface area contributed by atoms with E-state index in [1.165, 1.54) is 56.7 Å². The molecule has 2 aromatic carbocycles. The molecule has 4 nitrogen and oxygen atoms in total. The van der Waals surface area contributed by atoms with Crippen LogP contribution < -0.4 is 5.73 Å². The zero-order chi connectivity index (χ0) is 20.6. The van der Waals surface area contributed by atoms with Gasteiger partial charge in [-0.2, -0.15) is 0 Å². The van der Waals surface area contributed by atoms with Crippen molar-refractivity contribution in [2.45, 2.75) is 19.3 Å². The average molecular weight is 401 g/mol. The second-order valence-corrected chi connectivity index (χ2v) is 8.17. The Morgan fingerprint density at radius 1 is 0.667 bits per heavy atom. The molecule has 3 aromatic rings. The molecule has 4 rings (SSSR count). The highest BCUT2D eigenvalue weighted by Gasteiger charge is 2.16. The van der Waals surface area contributed by atoms with E-state index in [0.717, 1.165) is 24.2 Å². The van der Waals surface area contributed by atoms with E-state index in [9.17, 15) is 0 Å². The van der Waals surface area contributed by atoms with Gasteiger partial charge in [-0.05, 0) is 49.1 Å². The third kappa shape index (κ3) is 5.91. The third-order valence-electron chi connectivity index (χ3n) is 5.98. The SMILES string of the molecule is Nc1cccc(-c2ccc(CCN3CCN(CCCc4ccccc4)CC3)cc2)n1. The molecule has 30 heavy (non-hydrogen) atoms. The molecule has 0 spiro atoms. The summed E-state index contributed by atoms with van der Waals surface area (Å²) in [5, 5.41) is 0. The minimum Gasteiger partial charge on any atom is -0.384 e. The Balaban J connectivity index is 1.17. The van der Waals surface area contributed by atoms with Gasteiger partial charge in [0.2, 0.25) is 0 Å². The molecular weight excluding hydrogens is 368 g/mol. The molecule has 0 radical (unpaired) electrons. The van der Waals surface area contributed by atoms with Crippen molar-refractivity contribution in [3.05, 3.63) is 83.9 Å². The number of benzene rings is 2. The number of nitrogens with two attached hydrogens (primary N) is 1. The molecule has 0 amide bonds. The van der Waals surface area contributed by atoms with Crippen LogP contribution in [0.15, 0.2) is 72.8 Å². The normalized spacial score (nSPS) is 15.3. The number of hydrogen-bond acceptors (Lipinski definition) is 4. The standard InChI is InChI=1S/C26H32N4/c27-26-10-4-9-25(28-26)24-13-11-23(12-14-24)15-17-30-20-18-29(19-21-30)16-5-8-22-6-2-1-3-7-22/h1-4,6-7,9-14H,5,8,15-21H2,(H2,27,28). The molecule has 1 aliphatic rings. The van der Waals surface area contributed by atoms with Crippen LogP contribution >= 0.6 is 0 Å². The van der Waals surface area contributed by atoms with Crippen molar-refractivity contribution in [3.8, 4) is 11.3 Å². The van der Waals surface area contributed by atoms with Crippen molar-refractivity contribution in [3.63, 3.8) is 0 Å². The van der Waals surface area contributed by atoms with Gasteiger partial charge in [0, 0.05) is 38.3 Å². The maximum Gasteiger partial charge on any atom is 0.124 e. The molecule has 0 saturated carbocycles. The molecule has 1 fully saturated rings. The molecule has 156 valence electrons. The first-order chi connectivity index (χ1) is 14.8. The van der Waals surface area contributed by atoms with Gasteiger partial charge in [-0.25, -0.2) is 4.98 Å². The fraction of sp³-hybridized carbons (Fsp3) is 0.346. The first kappa shape index (κ1) is 20.6. The number of anilines is 1. The lowest BCUT2D eigenvalue weighted by Crippen LogP contribution is -2.47. The summed E-state index contributed by atoms with van der Waals surface area (Å²) in [6.45, 7) is 7.08. The minimum absolute atomic E-state index is 0.566. The molecule has 0 unspecified atom stereocenters. The van der Waals surface area contributed by atoms with E-state index >= 15 is 0 Å². The Morgan fingerprint density at radius 3 is 2.03 bits per heavy atom. The number of nitrogens with zero attached hydrogens (tertiary/aromatic N) is 3. The second kappa shape index (κ2) is 10.4. The molecular formula is C26H32N4. The predicted molar refractivity (Wildman–Crippen MR) is 125 cm³/mol. The predicted octanol–water partition coefficient (Wildman–Crippen LogP) is 4.12. The van der Waals surface area contributed by atoms with E-state index in [1.807, 2.05) is 18.2 Å². The quantitative estimate of drug-likeness (QED) is 0.618. The summed E-state index contributed by atoms with van der Waals surface area (Å²) in [5.41, 5.74) is 10.7. The topological polar surface area (TPSA) is 45.4 Å². The van der Waals surface area contributed by atoms with Crippen LogP contribution in [-0.4, -0.2) is 54.1 Å². The molecule has 2 N–H and O–H groups in total. The van der Waals surface area contributed by atoms with Crippen LogP contribution in [0, 0.1) is 0 Å². The highest BCUT2D eigenvalue weighted by Crippen LogP contribution is 2.19. The number of pyridine rings is 1. The zero-order valence-electron chi connectivity index (χ0n) is 17.7. The van der Waals surface area contributed by atoms with E-state index in [0.29, 0.717) is 5.82 Å². The Morgan fingerprint density at radius 2 is 1.33 bits per heavy atom. The van der Waals surface area contributed by atoms with E-state index in [2.05, 4.69) is 69.4 Å². The molecule has 2 heterocycles. The van der Waals surface area contributed by atoms with Gasteiger partial charge in [-0.15, -0.1) is 0 Å². The number of piperazine rings is 1. The van der Waals surface area contributed by atoms with Crippen LogP contribution in [0.25, 0.3) is 11.3 Å². The molecule has 1 aromatic heterocycles. The van der Waals surface area contributed by atoms with Crippen LogP contribution in [0.2, 0.25) is 0 Å². The largest absolute Gasteiger partial charge is 0.384 e. The molecule has 1 saturated heterocycles. The molecule has 0 aliphatic carbocycles. The van der Waals surface area contributed by atoms with Crippen molar-refractivity contribution >= 4 is 5.82 Å². The summed E-state index contributed by atoms with van der Waals surface area (Å²) in [5.74, 6) is 0.566. The summed E-state index contributed by atoms with van der Waals surface area (Å²) in [6, 6.07) is 25.4. The van der Waals surface area contributed by atoms with Gasteiger partial charge in [0.25, 0.3) is 0 Å². The highest BCUT2D eigenvalue weighted by molar-refractivity contribution is 5.61. The maximum absolute atomic E-state index is 5.80. The number of nitrogen functional groups attached to an aromatic ring is 1. The lowest BCUT2D eigenvalue weighted by molar-refractivity contribution is 0.132. The fourth-order valence-corrected chi connectivity index (χ4v) is 4.13. The van der Waals surface area contributed by atoms with Crippen LogP contribution in [0.5, 0.6) is 0 Å². The second-order valence-electron chi connectivity index (χ2n) is 8.17. The summed E-state index contributed by atoms with van der Waals surface area (Å²) >= 11 is 0. The van der Waals surface area contributed by atoms with Crippen LogP contribution in [0.4, 0.5) is 5.82 Å². The molecule has 0 atom stereocenters. The van der Waals surface area contributed by atoms with Gasteiger partial charge in [0.05, 0.1) is 5.69 Å². The summed E-state index contributed by atoms with van der Waals surface area (Å²) in [6.07, 6.45) is 3.53. The van der Waals surface area contributed by atoms with Gasteiger partial charge in [-0.1, -0.05) is 60.7 Å². The van der Waals surface area contributed by atoms with Crippen LogP contribution in [0.3, 0.4) is 0 Å². The smallest absolute Gasteiger partial charge is 0.124 e. The third-order valence-corrected chi connectivity index (χ3v) is 5.98. The first-order valence-corrected chi connectivity index (χ1v) is 11.1.